The Hall–Kier alpha value is -2.34. The average Bonchev–Trinajstić information content (AvgIpc) is 2.69. The Morgan fingerprint density at radius 3 is 2.47 bits per heavy atom. The van der Waals surface area contributed by atoms with E-state index in [1.807, 2.05) is 0 Å². The lowest BCUT2D eigenvalue weighted by molar-refractivity contribution is -0.137. The first-order chi connectivity index (χ1) is 14.0. The number of nitrogens with one attached hydrogen (secondary N) is 1. The van der Waals surface area contributed by atoms with Crippen LogP contribution in [-0.4, -0.2) is 50.9 Å². The third-order valence-corrected chi connectivity index (χ3v) is 6.15. The minimum absolute atomic E-state index is 0.101. The van der Waals surface area contributed by atoms with Crippen LogP contribution in [0.2, 0.25) is 0 Å². The highest BCUT2D eigenvalue weighted by atomic mass is 32.2. The van der Waals surface area contributed by atoms with E-state index in [-0.39, 0.29) is 18.9 Å². The molecule has 1 fully saturated rings. The highest BCUT2D eigenvalue weighted by molar-refractivity contribution is 7.89. The molecule has 30 heavy (non-hydrogen) atoms. The van der Waals surface area contributed by atoms with Crippen LogP contribution in [0.4, 0.5) is 13.2 Å². The fraction of sp³-hybridized carbons (Fsp3) is 0.556. The molecule has 8 nitrogen and oxygen atoms in total. The zero-order chi connectivity index (χ0) is 22.4. The summed E-state index contributed by atoms with van der Waals surface area (Å²) in [5.41, 5.74) is 9.44. The summed E-state index contributed by atoms with van der Waals surface area (Å²) in [7, 11) is -4.36. The topological polar surface area (TPSA) is 131 Å². The van der Waals surface area contributed by atoms with Crippen LogP contribution in [0.1, 0.15) is 37.7 Å². The van der Waals surface area contributed by atoms with Gasteiger partial charge in [0, 0.05) is 19.6 Å². The van der Waals surface area contributed by atoms with Gasteiger partial charge in [0.05, 0.1) is 10.5 Å². The summed E-state index contributed by atoms with van der Waals surface area (Å²) in [4.78, 5) is 17.7. The minimum atomic E-state index is -4.69. The maximum Gasteiger partial charge on any atom is 0.416 e. The summed E-state index contributed by atoms with van der Waals surface area (Å²) in [6.07, 6.45) is -1.67. The molecule has 0 aliphatic carbocycles. The number of sulfonamides is 1. The molecule has 0 aromatic heterocycles. The molecule has 1 aliphatic rings. The lowest BCUT2D eigenvalue weighted by Gasteiger charge is -2.30. The molecule has 1 saturated heterocycles. The molecule has 0 radical (unpaired) electrons. The lowest BCUT2D eigenvalue weighted by Crippen LogP contribution is -2.50. The number of carbonyl (C=O) groups is 1. The van der Waals surface area contributed by atoms with E-state index in [4.69, 9.17) is 11.5 Å². The zero-order valence-corrected chi connectivity index (χ0v) is 17.2. The molecule has 1 heterocycles. The van der Waals surface area contributed by atoms with Gasteiger partial charge in [-0.2, -0.15) is 17.9 Å². The number of benzene rings is 1. The van der Waals surface area contributed by atoms with Gasteiger partial charge in [0.2, 0.25) is 15.9 Å². The summed E-state index contributed by atoms with van der Waals surface area (Å²) in [6, 6.07) is 2.27. The molecule has 1 aromatic rings. The van der Waals surface area contributed by atoms with Gasteiger partial charge in [-0.1, -0.05) is 6.07 Å². The van der Waals surface area contributed by atoms with Crippen molar-refractivity contribution in [1.29, 1.82) is 0 Å². The molecule has 168 valence electrons. The first-order valence-electron chi connectivity index (χ1n) is 9.54. The van der Waals surface area contributed by atoms with Gasteiger partial charge in [0.1, 0.15) is 6.04 Å². The summed E-state index contributed by atoms with van der Waals surface area (Å²) in [5.74, 6) is -0.534. The lowest BCUT2D eigenvalue weighted by atomic mass is 10.1. The van der Waals surface area contributed by atoms with E-state index in [1.54, 1.807) is 4.90 Å². The van der Waals surface area contributed by atoms with Gasteiger partial charge in [0.15, 0.2) is 5.96 Å². The van der Waals surface area contributed by atoms with Crippen molar-refractivity contribution >= 4 is 21.9 Å². The van der Waals surface area contributed by atoms with Crippen molar-refractivity contribution in [2.75, 3.05) is 19.6 Å². The third kappa shape index (κ3) is 6.87. The summed E-state index contributed by atoms with van der Waals surface area (Å²) >= 11 is 0. The fourth-order valence-corrected chi connectivity index (χ4v) is 4.44. The van der Waals surface area contributed by atoms with Gasteiger partial charge in [-0.3, -0.25) is 9.79 Å². The number of halogens is 3. The van der Waals surface area contributed by atoms with Gasteiger partial charge in [0.25, 0.3) is 0 Å². The van der Waals surface area contributed by atoms with E-state index >= 15 is 0 Å². The molecule has 2 rings (SSSR count). The Kier molecular flexibility index (Phi) is 8.07. The average molecular weight is 449 g/mol. The molecule has 1 aliphatic heterocycles. The second kappa shape index (κ2) is 10.1. The third-order valence-electron chi connectivity index (χ3n) is 4.68. The minimum Gasteiger partial charge on any atom is -0.370 e. The maximum absolute atomic E-state index is 13.0. The molecule has 12 heteroatoms. The van der Waals surface area contributed by atoms with Crippen molar-refractivity contribution in [2.24, 2.45) is 16.5 Å². The van der Waals surface area contributed by atoms with Crippen molar-refractivity contribution in [3.63, 3.8) is 0 Å². The second-order valence-corrected chi connectivity index (χ2v) is 8.75. The second-order valence-electron chi connectivity index (χ2n) is 7.03. The zero-order valence-electron chi connectivity index (χ0n) is 16.4. The van der Waals surface area contributed by atoms with Crippen LogP contribution in [0.15, 0.2) is 34.2 Å². The Bertz CT molecular complexity index is 864. The van der Waals surface area contributed by atoms with Crippen LogP contribution >= 0.6 is 0 Å². The van der Waals surface area contributed by atoms with Gasteiger partial charge in [-0.25, -0.2) is 8.42 Å². The van der Waals surface area contributed by atoms with Crippen LogP contribution < -0.4 is 16.2 Å². The quantitative estimate of drug-likeness (QED) is 0.314. The van der Waals surface area contributed by atoms with Crippen molar-refractivity contribution in [1.82, 2.24) is 9.62 Å². The van der Waals surface area contributed by atoms with Crippen LogP contribution in [0.3, 0.4) is 0 Å². The highest BCUT2D eigenvalue weighted by Crippen LogP contribution is 2.30. The number of aliphatic imine (C=N–C) groups is 1. The Labute approximate surface area is 173 Å². The highest BCUT2D eigenvalue weighted by Gasteiger charge is 2.33. The van der Waals surface area contributed by atoms with Gasteiger partial charge in [-0.05, 0) is 50.3 Å². The molecule has 1 amide bonds. The Morgan fingerprint density at radius 1 is 1.20 bits per heavy atom. The standard InChI is InChI=1S/C18H26F3N5O3S/c19-18(20,21)13-6-4-7-14(12-13)30(28,29)25-15(8-5-9-24-17(22)23)16(27)26-10-2-1-3-11-26/h4,6-7,12,15,25H,1-3,5,8-11H2,(H4,22,23,24)/t15-/m0/s1. The van der Waals surface area contributed by atoms with Crippen molar-refractivity contribution in [3.05, 3.63) is 29.8 Å². The predicted octanol–water partition coefficient (Wildman–Crippen LogP) is 1.42. The Morgan fingerprint density at radius 2 is 1.87 bits per heavy atom. The Balaban J connectivity index is 2.22. The SMILES string of the molecule is NC(N)=NCCC[C@H](NS(=O)(=O)c1cccc(C(F)(F)F)c1)C(=O)N1CCCCC1. The largest absolute Gasteiger partial charge is 0.416 e. The maximum atomic E-state index is 13.0. The van der Waals surface area contributed by atoms with Crippen LogP contribution in [0.25, 0.3) is 0 Å². The molecule has 0 unspecified atom stereocenters. The van der Waals surface area contributed by atoms with Crippen LogP contribution in [0, 0.1) is 0 Å². The fourth-order valence-electron chi connectivity index (χ4n) is 3.17. The monoisotopic (exact) mass is 449 g/mol. The first-order valence-corrected chi connectivity index (χ1v) is 11.0. The number of hydrogen-bond acceptors (Lipinski definition) is 4. The number of carbonyl (C=O) groups excluding carboxylic acids is 1. The van der Waals surface area contributed by atoms with Crippen LogP contribution in [-0.2, 0) is 21.0 Å². The van der Waals surface area contributed by atoms with E-state index in [1.165, 1.54) is 0 Å². The van der Waals surface area contributed by atoms with Crippen molar-refractivity contribution < 1.29 is 26.4 Å². The molecule has 0 saturated carbocycles. The van der Waals surface area contributed by atoms with E-state index in [2.05, 4.69) is 9.71 Å². The van der Waals surface area contributed by atoms with Gasteiger partial charge >= 0.3 is 6.18 Å². The number of rotatable bonds is 8. The molecular formula is C18H26F3N5O3S. The first kappa shape index (κ1) is 23.9. The van der Waals surface area contributed by atoms with E-state index in [0.29, 0.717) is 25.6 Å². The normalized spacial score (nSPS) is 16.2. The van der Waals surface area contributed by atoms with E-state index < -0.39 is 38.6 Å². The molecule has 5 N–H and O–H groups in total. The van der Waals surface area contributed by atoms with Crippen molar-refractivity contribution in [2.45, 2.75) is 49.2 Å². The van der Waals surface area contributed by atoms with E-state index in [9.17, 15) is 26.4 Å². The summed E-state index contributed by atoms with van der Waals surface area (Å²) in [5, 5.41) is 0. The number of nitrogens with zero attached hydrogens (tertiary/aromatic N) is 2. The number of guanidine groups is 1. The molecule has 0 spiro atoms. The summed E-state index contributed by atoms with van der Waals surface area (Å²) < 4.78 is 66.6. The number of amides is 1. The number of alkyl halides is 3. The van der Waals surface area contributed by atoms with Gasteiger partial charge in [-0.15, -0.1) is 0 Å². The summed E-state index contributed by atoms with van der Waals surface area (Å²) in [6.45, 7) is 1.21. The predicted molar refractivity (Wildman–Crippen MR) is 106 cm³/mol. The van der Waals surface area contributed by atoms with Crippen LogP contribution in [0.5, 0.6) is 0 Å². The van der Waals surface area contributed by atoms with Crippen molar-refractivity contribution in [3.8, 4) is 0 Å². The van der Waals surface area contributed by atoms with E-state index in [0.717, 1.165) is 37.5 Å². The smallest absolute Gasteiger partial charge is 0.370 e. The molecule has 1 aromatic carbocycles. The number of hydrogen-bond donors (Lipinski definition) is 3. The molecule has 0 bridgehead atoms. The number of piperidine rings is 1. The van der Waals surface area contributed by atoms with Gasteiger partial charge < -0.3 is 16.4 Å². The number of likely N-dealkylation sites (tertiary alicyclic amines) is 1. The molecular weight excluding hydrogens is 423 g/mol. The molecule has 1 atom stereocenters. The number of nitrogens with two attached hydrogens (primary N) is 2.